The first-order valence-electron chi connectivity index (χ1n) is 5.39. The van der Waals surface area contributed by atoms with Crippen molar-refractivity contribution in [3.05, 3.63) is 35.4 Å². The molecule has 2 rings (SSSR count). The minimum atomic E-state index is -4.29. The molecule has 1 aliphatic rings. The molecule has 0 amide bonds. The summed E-state index contributed by atoms with van der Waals surface area (Å²) in [5.41, 5.74) is 0.00386. The van der Waals surface area contributed by atoms with E-state index >= 15 is 0 Å². The van der Waals surface area contributed by atoms with Crippen LogP contribution in [0.4, 0.5) is 13.2 Å². The third-order valence-corrected chi connectivity index (χ3v) is 3.59. The van der Waals surface area contributed by atoms with Crippen molar-refractivity contribution in [3.8, 4) is 0 Å². The molecule has 0 aliphatic carbocycles. The zero-order valence-corrected chi connectivity index (χ0v) is 10.6. The molecule has 94 valence electrons. The number of hydrogen-bond donors (Lipinski definition) is 0. The Kier molecular flexibility index (Phi) is 3.78. The smallest absolute Gasteiger partial charge is 0.369 e. The van der Waals surface area contributed by atoms with E-state index in [1.165, 1.54) is 12.1 Å². The highest BCUT2D eigenvalue weighted by molar-refractivity contribution is 9.09. The quantitative estimate of drug-likeness (QED) is 0.739. The van der Waals surface area contributed by atoms with Crippen molar-refractivity contribution in [1.82, 2.24) is 0 Å². The lowest BCUT2D eigenvalue weighted by molar-refractivity contribution is -0.137. The standard InChI is InChI=1S/C12H12BrF3O/c13-7-10-4-5-11(17-10)8-2-1-3-9(6-8)12(14,15)16/h1-3,6,10-11H,4-5,7H2/t10-,11+/m1/s1. The molecule has 0 bridgehead atoms. The van der Waals surface area contributed by atoms with Crippen molar-refractivity contribution < 1.29 is 17.9 Å². The highest BCUT2D eigenvalue weighted by Gasteiger charge is 2.32. The largest absolute Gasteiger partial charge is 0.416 e. The van der Waals surface area contributed by atoms with Crippen LogP contribution in [-0.4, -0.2) is 11.4 Å². The summed E-state index contributed by atoms with van der Waals surface area (Å²) in [6.07, 6.45) is -2.73. The Labute approximate surface area is 106 Å². The first kappa shape index (κ1) is 12.9. The minimum Gasteiger partial charge on any atom is -0.369 e. The van der Waals surface area contributed by atoms with Gasteiger partial charge in [0.05, 0.1) is 17.8 Å². The molecule has 1 aromatic rings. The van der Waals surface area contributed by atoms with E-state index in [1.54, 1.807) is 6.07 Å². The average Bonchev–Trinajstić information content (AvgIpc) is 2.76. The molecule has 0 unspecified atom stereocenters. The average molecular weight is 309 g/mol. The number of hydrogen-bond acceptors (Lipinski definition) is 1. The van der Waals surface area contributed by atoms with Gasteiger partial charge in [-0.25, -0.2) is 0 Å². The van der Waals surface area contributed by atoms with E-state index in [9.17, 15) is 13.2 Å². The van der Waals surface area contributed by atoms with E-state index in [1.807, 2.05) is 0 Å². The normalized spacial score (nSPS) is 25.2. The summed E-state index contributed by atoms with van der Waals surface area (Å²) in [6, 6.07) is 5.39. The Balaban J connectivity index is 2.17. The summed E-state index contributed by atoms with van der Waals surface area (Å²) in [6.45, 7) is 0. The fraction of sp³-hybridized carbons (Fsp3) is 0.500. The van der Waals surface area contributed by atoms with Gasteiger partial charge in [0, 0.05) is 5.33 Å². The summed E-state index contributed by atoms with van der Waals surface area (Å²) < 4.78 is 43.3. The zero-order chi connectivity index (χ0) is 12.5. The number of halogens is 4. The Bertz CT molecular complexity index is 392. The lowest BCUT2D eigenvalue weighted by Gasteiger charge is -2.14. The number of ether oxygens (including phenoxy) is 1. The van der Waals surface area contributed by atoms with Crippen molar-refractivity contribution in [2.75, 3.05) is 5.33 Å². The SMILES string of the molecule is FC(F)(F)c1cccc([C@@H]2CC[C@H](CBr)O2)c1. The monoisotopic (exact) mass is 308 g/mol. The van der Waals surface area contributed by atoms with E-state index in [-0.39, 0.29) is 12.2 Å². The fourth-order valence-corrected chi connectivity index (χ4v) is 2.46. The minimum absolute atomic E-state index is 0.106. The molecule has 1 fully saturated rings. The van der Waals surface area contributed by atoms with E-state index in [2.05, 4.69) is 15.9 Å². The zero-order valence-electron chi connectivity index (χ0n) is 9.01. The van der Waals surface area contributed by atoms with Crippen molar-refractivity contribution in [2.24, 2.45) is 0 Å². The van der Waals surface area contributed by atoms with Crippen molar-refractivity contribution in [3.63, 3.8) is 0 Å². The van der Waals surface area contributed by atoms with Crippen LogP contribution in [0.25, 0.3) is 0 Å². The van der Waals surface area contributed by atoms with Gasteiger partial charge in [0.1, 0.15) is 0 Å². The third kappa shape index (κ3) is 3.01. The summed E-state index contributed by atoms with van der Waals surface area (Å²) in [7, 11) is 0. The molecule has 0 radical (unpaired) electrons. The first-order chi connectivity index (χ1) is 8.00. The van der Waals surface area contributed by atoms with Gasteiger partial charge < -0.3 is 4.74 Å². The molecule has 5 heteroatoms. The van der Waals surface area contributed by atoms with Gasteiger partial charge in [0.15, 0.2) is 0 Å². The molecule has 0 aromatic heterocycles. The molecule has 1 aromatic carbocycles. The number of alkyl halides is 4. The van der Waals surface area contributed by atoms with Crippen LogP contribution in [0, 0.1) is 0 Å². The number of benzene rings is 1. The van der Waals surface area contributed by atoms with E-state index in [0.717, 1.165) is 24.2 Å². The lowest BCUT2D eigenvalue weighted by Crippen LogP contribution is -2.09. The molecule has 17 heavy (non-hydrogen) atoms. The van der Waals surface area contributed by atoms with Gasteiger partial charge >= 0.3 is 6.18 Å². The molecule has 1 heterocycles. The molecule has 0 saturated carbocycles. The number of rotatable bonds is 2. The van der Waals surface area contributed by atoms with E-state index < -0.39 is 11.7 Å². The van der Waals surface area contributed by atoms with Gasteiger partial charge in [-0.2, -0.15) is 13.2 Å². The second-order valence-electron chi connectivity index (χ2n) is 4.10. The van der Waals surface area contributed by atoms with Gasteiger partial charge in [0.2, 0.25) is 0 Å². The molecule has 0 N–H and O–H groups in total. The second-order valence-corrected chi connectivity index (χ2v) is 4.75. The molecule has 1 nitrogen and oxygen atoms in total. The van der Waals surface area contributed by atoms with Gasteiger partial charge in [-0.15, -0.1) is 0 Å². The van der Waals surface area contributed by atoms with Crippen molar-refractivity contribution in [2.45, 2.75) is 31.2 Å². The Hall–Kier alpha value is -0.550. The predicted octanol–water partition coefficient (Wildman–Crippen LogP) is 4.32. The third-order valence-electron chi connectivity index (χ3n) is 2.87. The summed E-state index contributed by atoms with van der Waals surface area (Å²) in [5.74, 6) is 0. The second kappa shape index (κ2) is 4.98. The van der Waals surface area contributed by atoms with Crippen LogP contribution in [0.5, 0.6) is 0 Å². The summed E-state index contributed by atoms with van der Waals surface area (Å²) in [5, 5.41) is 0.725. The molecular formula is C12H12BrF3O. The van der Waals surface area contributed by atoms with Crippen LogP contribution >= 0.6 is 15.9 Å². The Morgan fingerprint density at radius 1 is 1.29 bits per heavy atom. The van der Waals surface area contributed by atoms with Crippen molar-refractivity contribution >= 4 is 15.9 Å². The summed E-state index contributed by atoms with van der Waals surface area (Å²) >= 11 is 3.32. The maximum absolute atomic E-state index is 12.5. The summed E-state index contributed by atoms with van der Waals surface area (Å²) in [4.78, 5) is 0. The van der Waals surface area contributed by atoms with E-state index in [0.29, 0.717) is 5.56 Å². The fourth-order valence-electron chi connectivity index (χ4n) is 1.98. The maximum Gasteiger partial charge on any atom is 0.416 e. The van der Waals surface area contributed by atoms with Gasteiger partial charge in [-0.1, -0.05) is 28.1 Å². The molecule has 2 atom stereocenters. The van der Waals surface area contributed by atoms with Gasteiger partial charge in [-0.05, 0) is 30.5 Å². The molecular weight excluding hydrogens is 297 g/mol. The molecule has 0 spiro atoms. The topological polar surface area (TPSA) is 9.23 Å². The van der Waals surface area contributed by atoms with E-state index in [4.69, 9.17) is 4.74 Å². The highest BCUT2D eigenvalue weighted by Crippen LogP contribution is 2.36. The van der Waals surface area contributed by atoms with Gasteiger partial charge in [-0.3, -0.25) is 0 Å². The molecule has 1 aliphatic heterocycles. The lowest BCUT2D eigenvalue weighted by atomic mass is 10.0. The van der Waals surface area contributed by atoms with Crippen LogP contribution < -0.4 is 0 Å². The van der Waals surface area contributed by atoms with Crippen LogP contribution in [0.2, 0.25) is 0 Å². The van der Waals surface area contributed by atoms with Crippen LogP contribution in [0.1, 0.15) is 30.1 Å². The highest BCUT2D eigenvalue weighted by atomic mass is 79.9. The Morgan fingerprint density at radius 2 is 2.06 bits per heavy atom. The van der Waals surface area contributed by atoms with Crippen LogP contribution in [-0.2, 0) is 10.9 Å². The Morgan fingerprint density at radius 3 is 2.65 bits per heavy atom. The maximum atomic E-state index is 12.5. The van der Waals surface area contributed by atoms with Gasteiger partial charge in [0.25, 0.3) is 0 Å². The van der Waals surface area contributed by atoms with Crippen LogP contribution in [0.15, 0.2) is 24.3 Å². The first-order valence-corrected chi connectivity index (χ1v) is 6.51. The molecule has 1 saturated heterocycles. The van der Waals surface area contributed by atoms with Crippen molar-refractivity contribution in [1.29, 1.82) is 0 Å². The van der Waals surface area contributed by atoms with Crippen LogP contribution in [0.3, 0.4) is 0 Å². The predicted molar refractivity (Wildman–Crippen MR) is 62.1 cm³/mol.